The number of ether oxygens (including phenoxy) is 2. The van der Waals surface area contributed by atoms with Crippen LogP contribution < -0.4 is 15.0 Å². The number of hydrogen-bond acceptors (Lipinski definition) is 5. The van der Waals surface area contributed by atoms with Crippen LogP contribution >= 0.6 is 0 Å². The van der Waals surface area contributed by atoms with Crippen molar-refractivity contribution in [1.82, 2.24) is 14.7 Å². The molecule has 3 aromatic rings. The molecule has 0 radical (unpaired) electrons. The average Bonchev–Trinajstić information content (AvgIpc) is 2.69. The van der Waals surface area contributed by atoms with Crippen LogP contribution in [0.4, 0.5) is 0 Å². The van der Waals surface area contributed by atoms with Crippen LogP contribution in [-0.2, 0) is 19.6 Å². The minimum absolute atomic E-state index is 0.169. The van der Waals surface area contributed by atoms with E-state index in [0.29, 0.717) is 23.6 Å². The van der Waals surface area contributed by atoms with Gasteiger partial charge in [-0.15, -0.1) is 0 Å². The van der Waals surface area contributed by atoms with Crippen LogP contribution in [0.25, 0.3) is 10.8 Å². The minimum atomic E-state index is -0.169. The van der Waals surface area contributed by atoms with Crippen molar-refractivity contribution in [3.05, 3.63) is 64.1 Å². The summed E-state index contributed by atoms with van der Waals surface area (Å²) >= 11 is 0. The summed E-state index contributed by atoms with van der Waals surface area (Å²) < 4.78 is 12.3. The summed E-state index contributed by atoms with van der Waals surface area (Å²) in [4.78, 5) is 15.3. The first kappa shape index (κ1) is 16.6. The predicted molar refractivity (Wildman–Crippen MR) is 99.7 cm³/mol. The molecule has 0 spiro atoms. The molecule has 0 N–H and O–H groups in total. The summed E-state index contributed by atoms with van der Waals surface area (Å²) in [5, 5.41) is 5.60. The lowest BCUT2D eigenvalue weighted by atomic mass is 10.0. The molecule has 0 unspecified atom stereocenters. The Morgan fingerprint density at radius 1 is 1.08 bits per heavy atom. The van der Waals surface area contributed by atoms with Gasteiger partial charge in [-0.2, -0.15) is 5.10 Å². The molecule has 1 aliphatic rings. The van der Waals surface area contributed by atoms with Gasteiger partial charge in [-0.1, -0.05) is 24.3 Å². The molecule has 1 aliphatic heterocycles. The average molecular weight is 351 g/mol. The number of fused-ring (bicyclic) bond motifs is 2. The topological polar surface area (TPSA) is 56.6 Å². The van der Waals surface area contributed by atoms with Crippen LogP contribution in [0.15, 0.2) is 47.4 Å². The molecule has 1 aromatic heterocycles. The smallest absolute Gasteiger partial charge is 0.279 e. The molecule has 0 aliphatic carbocycles. The monoisotopic (exact) mass is 351 g/mol. The van der Waals surface area contributed by atoms with Crippen LogP contribution in [-0.4, -0.2) is 35.4 Å². The Labute approximate surface area is 151 Å². The first-order valence-corrected chi connectivity index (χ1v) is 8.61. The van der Waals surface area contributed by atoms with E-state index in [-0.39, 0.29) is 5.56 Å². The van der Waals surface area contributed by atoms with Crippen molar-refractivity contribution in [2.75, 3.05) is 20.8 Å². The van der Waals surface area contributed by atoms with Gasteiger partial charge >= 0.3 is 0 Å². The molecule has 0 bridgehead atoms. The van der Waals surface area contributed by atoms with Gasteiger partial charge in [-0.25, -0.2) is 4.68 Å². The third-order valence-electron chi connectivity index (χ3n) is 4.91. The second kappa shape index (κ2) is 6.80. The normalized spacial score (nSPS) is 14.2. The van der Waals surface area contributed by atoms with E-state index in [1.165, 1.54) is 15.8 Å². The summed E-state index contributed by atoms with van der Waals surface area (Å²) in [6, 6.07) is 12.1. The Balaban J connectivity index is 1.70. The molecule has 0 atom stereocenters. The largest absolute Gasteiger partial charge is 0.493 e. The van der Waals surface area contributed by atoms with Crippen molar-refractivity contribution >= 4 is 10.8 Å². The van der Waals surface area contributed by atoms with E-state index in [1.807, 2.05) is 6.07 Å². The van der Waals surface area contributed by atoms with E-state index in [4.69, 9.17) is 9.47 Å². The highest BCUT2D eigenvalue weighted by atomic mass is 16.5. The highest BCUT2D eigenvalue weighted by molar-refractivity contribution is 5.89. The fourth-order valence-electron chi connectivity index (χ4n) is 3.55. The summed E-state index contributed by atoms with van der Waals surface area (Å²) in [6.45, 7) is 2.17. The number of methoxy groups -OCH3 is 2. The molecular weight excluding hydrogens is 330 g/mol. The highest BCUT2D eigenvalue weighted by Gasteiger charge is 2.19. The fourth-order valence-corrected chi connectivity index (χ4v) is 3.55. The molecule has 0 amide bonds. The third-order valence-corrected chi connectivity index (χ3v) is 4.91. The zero-order valence-electron chi connectivity index (χ0n) is 14.9. The van der Waals surface area contributed by atoms with Crippen molar-refractivity contribution < 1.29 is 9.47 Å². The highest BCUT2D eigenvalue weighted by Crippen LogP contribution is 2.32. The van der Waals surface area contributed by atoms with E-state index in [0.717, 1.165) is 24.9 Å². The zero-order chi connectivity index (χ0) is 18.1. The standard InChI is InChI=1S/C20H21N3O3/c1-25-17-8-7-15-11-21-23(20(24)18(15)19(17)26-2)13-22-10-9-14-5-3-4-6-16(14)12-22/h3-8,11H,9-10,12-13H2,1-2H3. The molecule has 6 nitrogen and oxygen atoms in total. The summed E-state index contributed by atoms with van der Waals surface area (Å²) in [5.41, 5.74) is 2.53. The van der Waals surface area contributed by atoms with Gasteiger partial charge in [0.1, 0.15) is 0 Å². The van der Waals surface area contributed by atoms with Crippen LogP contribution in [0.2, 0.25) is 0 Å². The zero-order valence-corrected chi connectivity index (χ0v) is 14.9. The maximum absolute atomic E-state index is 13.0. The molecule has 134 valence electrons. The van der Waals surface area contributed by atoms with Gasteiger partial charge in [-0.05, 0) is 29.7 Å². The van der Waals surface area contributed by atoms with Gasteiger partial charge in [0.05, 0.1) is 32.5 Å². The van der Waals surface area contributed by atoms with Crippen LogP contribution in [0, 0.1) is 0 Å². The lowest BCUT2D eigenvalue weighted by molar-refractivity contribution is 0.186. The number of nitrogens with zero attached hydrogens (tertiary/aromatic N) is 3. The van der Waals surface area contributed by atoms with Crippen molar-refractivity contribution in [2.45, 2.75) is 19.6 Å². The molecular formula is C20H21N3O3. The Hall–Kier alpha value is -2.86. The minimum Gasteiger partial charge on any atom is -0.493 e. The first-order valence-electron chi connectivity index (χ1n) is 8.61. The number of aromatic nitrogens is 2. The summed E-state index contributed by atoms with van der Waals surface area (Å²) in [6.07, 6.45) is 2.69. The molecule has 26 heavy (non-hydrogen) atoms. The predicted octanol–water partition coefficient (Wildman–Crippen LogP) is 2.43. The Bertz CT molecular complexity index is 1010. The van der Waals surface area contributed by atoms with E-state index in [1.54, 1.807) is 26.5 Å². The second-order valence-electron chi connectivity index (χ2n) is 6.43. The second-order valence-corrected chi connectivity index (χ2v) is 6.43. The van der Waals surface area contributed by atoms with Crippen molar-refractivity contribution in [1.29, 1.82) is 0 Å². The van der Waals surface area contributed by atoms with Crippen molar-refractivity contribution in [3.8, 4) is 11.5 Å². The van der Waals surface area contributed by atoms with E-state index >= 15 is 0 Å². The number of hydrogen-bond donors (Lipinski definition) is 0. The first-order chi connectivity index (χ1) is 12.7. The quantitative estimate of drug-likeness (QED) is 0.723. The lowest BCUT2D eigenvalue weighted by Crippen LogP contribution is -2.37. The van der Waals surface area contributed by atoms with Crippen molar-refractivity contribution in [3.63, 3.8) is 0 Å². The Morgan fingerprint density at radius 2 is 1.88 bits per heavy atom. The maximum Gasteiger partial charge on any atom is 0.279 e. The molecule has 4 rings (SSSR count). The summed E-state index contributed by atoms with van der Waals surface area (Å²) in [5.74, 6) is 0.997. The van der Waals surface area contributed by atoms with Gasteiger partial charge in [-0.3, -0.25) is 9.69 Å². The Kier molecular flexibility index (Phi) is 4.34. The molecule has 2 aromatic carbocycles. The summed E-state index contributed by atoms with van der Waals surface area (Å²) in [7, 11) is 3.11. The van der Waals surface area contributed by atoms with Crippen LogP contribution in [0.1, 0.15) is 11.1 Å². The van der Waals surface area contributed by atoms with Gasteiger partial charge in [0.25, 0.3) is 5.56 Å². The molecule has 0 saturated carbocycles. The SMILES string of the molecule is COc1ccc2cnn(CN3CCc4ccccc4C3)c(=O)c2c1OC. The van der Waals surface area contributed by atoms with Gasteiger partial charge in [0.15, 0.2) is 11.5 Å². The third kappa shape index (κ3) is 2.82. The Morgan fingerprint density at radius 3 is 2.65 bits per heavy atom. The number of benzene rings is 2. The van der Waals surface area contributed by atoms with E-state index in [9.17, 15) is 4.79 Å². The number of rotatable bonds is 4. The maximum atomic E-state index is 13.0. The molecule has 0 fully saturated rings. The molecule has 6 heteroatoms. The van der Waals surface area contributed by atoms with Crippen LogP contribution in [0.5, 0.6) is 11.5 Å². The molecule has 2 heterocycles. The van der Waals surface area contributed by atoms with Gasteiger partial charge < -0.3 is 9.47 Å². The lowest BCUT2D eigenvalue weighted by Gasteiger charge is -2.28. The van der Waals surface area contributed by atoms with Crippen molar-refractivity contribution in [2.24, 2.45) is 0 Å². The van der Waals surface area contributed by atoms with Crippen LogP contribution in [0.3, 0.4) is 0 Å². The van der Waals surface area contributed by atoms with E-state index < -0.39 is 0 Å². The van der Waals surface area contributed by atoms with Gasteiger partial charge in [0.2, 0.25) is 0 Å². The fraction of sp³-hybridized carbons (Fsp3) is 0.300. The molecule has 0 saturated heterocycles. The van der Waals surface area contributed by atoms with Gasteiger partial charge in [0, 0.05) is 18.5 Å². The van der Waals surface area contributed by atoms with E-state index in [2.05, 4.69) is 34.3 Å².